The molecule has 0 aliphatic carbocycles. The van der Waals surface area contributed by atoms with Crippen molar-refractivity contribution < 1.29 is 24.2 Å². The van der Waals surface area contributed by atoms with Crippen molar-refractivity contribution in [1.29, 1.82) is 0 Å². The Kier molecular flexibility index (Phi) is 3.98. The van der Waals surface area contributed by atoms with Gasteiger partial charge in [-0.2, -0.15) is 0 Å². The van der Waals surface area contributed by atoms with Gasteiger partial charge in [0.25, 0.3) is 5.91 Å². The number of amides is 1. The SMILES string of the molecule is CC1(C)Cc2c(Oc3cnc(C(=O)N4CCC4)nc3)cc(C(=O)O)cc2O1. The number of rotatable bonds is 4. The minimum absolute atomic E-state index is 0.0759. The molecule has 2 aromatic rings. The molecule has 2 aliphatic rings. The van der Waals surface area contributed by atoms with Gasteiger partial charge in [-0.25, -0.2) is 14.8 Å². The first-order chi connectivity index (χ1) is 12.8. The molecule has 0 bridgehead atoms. The number of fused-ring (bicyclic) bond motifs is 1. The van der Waals surface area contributed by atoms with Crippen molar-refractivity contribution in [2.75, 3.05) is 13.1 Å². The van der Waals surface area contributed by atoms with Crippen molar-refractivity contribution in [1.82, 2.24) is 14.9 Å². The average Bonchev–Trinajstić information content (AvgIpc) is 2.88. The van der Waals surface area contributed by atoms with E-state index in [1.807, 2.05) is 13.8 Å². The van der Waals surface area contributed by atoms with Gasteiger partial charge in [-0.3, -0.25) is 4.79 Å². The zero-order chi connectivity index (χ0) is 19.2. The van der Waals surface area contributed by atoms with Gasteiger partial charge >= 0.3 is 5.97 Å². The first-order valence-corrected chi connectivity index (χ1v) is 8.71. The normalized spacial score (nSPS) is 16.9. The number of hydrogen-bond donors (Lipinski definition) is 1. The smallest absolute Gasteiger partial charge is 0.335 e. The quantitative estimate of drug-likeness (QED) is 0.883. The van der Waals surface area contributed by atoms with Gasteiger partial charge in [-0.05, 0) is 32.4 Å². The van der Waals surface area contributed by atoms with Crippen LogP contribution in [0.15, 0.2) is 24.5 Å². The van der Waals surface area contributed by atoms with E-state index in [1.54, 1.807) is 4.90 Å². The second-order valence-electron chi connectivity index (χ2n) is 7.28. The maximum Gasteiger partial charge on any atom is 0.335 e. The number of nitrogens with zero attached hydrogens (tertiary/aromatic N) is 3. The van der Waals surface area contributed by atoms with Gasteiger partial charge < -0.3 is 19.5 Å². The summed E-state index contributed by atoms with van der Waals surface area (Å²) >= 11 is 0. The van der Waals surface area contributed by atoms with Crippen molar-refractivity contribution in [3.05, 3.63) is 41.5 Å². The fourth-order valence-electron chi connectivity index (χ4n) is 3.13. The number of carboxylic acid groups (broad SMARTS) is 1. The summed E-state index contributed by atoms with van der Waals surface area (Å²) in [7, 11) is 0. The second-order valence-corrected chi connectivity index (χ2v) is 7.28. The highest BCUT2D eigenvalue weighted by atomic mass is 16.5. The van der Waals surface area contributed by atoms with Crippen LogP contribution in [0.1, 0.15) is 46.8 Å². The molecular formula is C19H19N3O5. The van der Waals surface area contributed by atoms with Gasteiger partial charge in [0.15, 0.2) is 5.75 Å². The van der Waals surface area contributed by atoms with Crippen molar-refractivity contribution in [3.8, 4) is 17.2 Å². The molecule has 27 heavy (non-hydrogen) atoms. The van der Waals surface area contributed by atoms with Crippen LogP contribution in [0.5, 0.6) is 17.2 Å². The molecule has 8 heteroatoms. The molecule has 1 fully saturated rings. The Balaban J connectivity index is 1.61. The first-order valence-electron chi connectivity index (χ1n) is 8.71. The summed E-state index contributed by atoms with van der Waals surface area (Å²) in [5, 5.41) is 9.34. The number of likely N-dealkylation sites (tertiary alicyclic amines) is 1. The molecule has 140 valence electrons. The van der Waals surface area contributed by atoms with Crippen molar-refractivity contribution in [2.24, 2.45) is 0 Å². The molecule has 4 rings (SSSR count). The third-order valence-electron chi connectivity index (χ3n) is 4.59. The Bertz CT molecular complexity index is 920. The topological polar surface area (TPSA) is 102 Å². The maximum atomic E-state index is 12.1. The van der Waals surface area contributed by atoms with Gasteiger partial charge in [0, 0.05) is 25.1 Å². The van der Waals surface area contributed by atoms with E-state index in [4.69, 9.17) is 9.47 Å². The summed E-state index contributed by atoms with van der Waals surface area (Å²) in [5.41, 5.74) is 0.430. The number of hydrogen-bond acceptors (Lipinski definition) is 6. The lowest BCUT2D eigenvalue weighted by Gasteiger charge is -2.29. The molecule has 0 radical (unpaired) electrons. The van der Waals surface area contributed by atoms with E-state index in [0.29, 0.717) is 23.7 Å². The van der Waals surface area contributed by atoms with Crippen LogP contribution in [0.4, 0.5) is 0 Å². The predicted molar refractivity (Wildman–Crippen MR) is 94.4 cm³/mol. The summed E-state index contributed by atoms with van der Waals surface area (Å²) in [6, 6.07) is 2.97. The van der Waals surface area contributed by atoms with E-state index in [-0.39, 0.29) is 17.3 Å². The van der Waals surface area contributed by atoms with Crippen LogP contribution >= 0.6 is 0 Å². The molecule has 0 atom stereocenters. The van der Waals surface area contributed by atoms with Gasteiger partial charge in [0.2, 0.25) is 5.82 Å². The van der Waals surface area contributed by atoms with Crippen molar-refractivity contribution >= 4 is 11.9 Å². The highest BCUT2D eigenvalue weighted by Crippen LogP contribution is 2.42. The van der Waals surface area contributed by atoms with E-state index in [0.717, 1.165) is 25.1 Å². The minimum Gasteiger partial charge on any atom is -0.487 e. The van der Waals surface area contributed by atoms with Gasteiger partial charge in [0.1, 0.15) is 17.1 Å². The number of carbonyl (C=O) groups is 2. The van der Waals surface area contributed by atoms with Gasteiger partial charge in [-0.1, -0.05) is 0 Å². The Morgan fingerprint density at radius 2 is 1.93 bits per heavy atom. The Hall–Kier alpha value is -3.16. The molecule has 1 aromatic carbocycles. The van der Waals surface area contributed by atoms with Crippen LogP contribution in [-0.4, -0.2) is 50.5 Å². The molecular weight excluding hydrogens is 350 g/mol. The molecule has 2 aliphatic heterocycles. The lowest BCUT2D eigenvalue weighted by atomic mass is 10.00. The standard InChI is InChI=1S/C19H19N3O5/c1-19(2)8-13-14(6-11(18(24)25)7-15(13)27-19)26-12-9-20-16(21-10-12)17(23)22-4-3-5-22/h6-7,9-10H,3-5,8H2,1-2H3,(H,24,25). The lowest BCUT2D eigenvalue weighted by molar-refractivity contribution is 0.0637. The van der Waals surface area contributed by atoms with E-state index in [2.05, 4.69) is 9.97 Å². The average molecular weight is 369 g/mol. The predicted octanol–water partition coefficient (Wildman–Crippen LogP) is 2.53. The second kappa shape index (κ2) is 6.22. The summed E-state index contributed by atoms with van der Waals surface area (Å²) < 4.78 is 11.7. The molecule has 1 saturated heterocycles. The summed E-state index contributed by atoms with van der Waals surface area (Å²) in [4.78, 5) is 33.4. The third kappa shape index (κ3) is 3.30. The highest BCUT2D eigenvalue weighted by Gasteiger charge is 2.34. The lowest BCUT2D eigenvalue weighted by Crippen LogP contribution is -2.42. The van der Waals surface area contributed by atoms with Crippen molar-refractivity contribution in [2.45, 2.75) is 32.3 Å². The summed E-state index contributed by atoms with van der Waals surface area (Å²) in [6.07, 6.45) is 4.42. The molecule has 1 amide bonds. The number of carboxylic acids is 1. The summed E-state index contributed by atoms with van der Waals surface area (Å²) in [5.74, 6) is 0.0707. The molecule has 0 saturated carbocycles. The minimum atomic E-state index is -1.07. The van der Waals surface area contributed by atoms with E-state index < -0.39 is 11.6 Å². The van der Waals surface area contributed by atoms with Crippen LogP contribution in [0, 0.1) is 0 Å². The zero-order valence-corrected chi connectivity index (χ0v) is 15.1. The monoisotopic (exact) mass is 369 g/mol. The first kappa shape index (κ1) is 17.3. The number of carbonyl (C=O) groups excluding carboxylic acids is 1. The number of aromatic nitrogens is 2. The molecule has 8 nitrogen and oxygen atoms in total. The molecule has 1 N–H and O–H groups in total. The van der Waals surface area contributed by atoms with E-state index in [1.165, 1.54) is 24.5 Å². The molecule has 3 heterocycles. The van der Waals surface area contributed by atoms with E-state index in [9.17, 15) is 14.7 Å². The molecule has 0 unspecified atom stereocenters. The Labute approximate surface area is 155 Å². The Morgan fingerprint density at radius 3 is 2.52 bits per heavy atom. The van der Waals surface area contributed by atoms with Gasteiger partial charge in [0.05, 0.1) is 18.0 Å². The number of aromatic carboxylic acids is 1. The molecule has 0 spiro atoms. The van der Waals surface area contributed by atoms with Crippen molar-refractivity contribution in [3.63, 3.8) is 0 Å². The third-order valence-corrected chi connectivity index (χ3v) is 4.59. The summed E-state index contributed by atoms with van der Waals surface area (Å²) in [6.45, 7) is 5.31. The van der Waals surface area contributed by atoms with Crippen LogP contribution in [0.2, 0.25) is 0 Å². The van der Waals surface area contributed by atoms with Gasteiger partial charge in [-0.15, -0.1) is 0 Å². The maximum absolute atomic E-state index is 12.1. The van der Waals surface area contributed by atoms with Crippen LogP contribution in [0.25, 0.3) is 0 Å². The number of benzene rings is 1. The molecule has 1 aromatic heterocycles. The van der Waals surface area contributed by atoms with Crippen LogP contribution in [-0.2, 0) is 6.42 Å². The largest absolute Gasteiger partial charge is 0.487 e. The highest BCUT2D eigenvalue weighted by molar-refractivity contribution is 5.91. The zero-order valence-electron chi connectivity index (χ0n) is 15.1. The number of ether oxygens (including phenoxy) is 2. The Morgan fingerprint density at radius 1 is 1.22 bits per heavy atom. The van der Waals surface area contributed by atoms with Crippen LogP contribution < -0.4 is 9.47 Å². The fourth-order valence-corrected chi connectivity index (χ4v) is 3.13. The van der Waals surface area contributed by atoms with Crippen LogP contribution in [0.3, 0.4) is 0 Å². The fraction of sp³-hybridized carbons (Fsp3) is 0.368. The van der Waals surface area contributed by atoms with E-state index >= 15 is 0 Å².